The van der Waals surface area contributed by atoms with Crippen LogP contribution in [0.2, 0.25) is 0 Å². The summed E-state index contributed by atoms with van der Waals surface area (Å²) in [5.41, 5.74) is -10.5. The Morgan fingerprint density at radius 3 is 1.90 bits per heavy atom. The van der Waals surface area contributed by atoms with Gasteiger partial charge in [-0.2, -0.15) is 35.1 Å². The van der Waals surface area contributed by atoms with Crippen molar-refractivity contribution < 1.29 is 43.9 Å². The van der Waals surface area contributed by atoms with Gasteiger partial charge >= 0.3 is 23.9 Å². The van der Waals surface area contributed by atoms with E-state index in [0.717, 1.165) is 24.3 Å². The van der Waals surface area contributed by atoms with Crippen molar-refractivity contribution in [1.29, 1.82) is 0 Å². The summed E-state index contributed by atoms with van der Waals surface area (Å²) in [6.07, 6.45) is -13.8. The van der Waals surface area contributed by atoms with E-state index in [-0.39, 0.29) is 18.1 Å². The van der Waals surface area contributed by atoms with Crippen molar-refractivity contribution in [2.75, 3.05) is 0 Å². The van der Waals surface area contributed by atoms with Gasteiger partial charge in [0.05, 0.1) is 0 Å². The van der Waals surface area contributed by atoms with Gasteiger partial charge in [-0.25, -0.2) is 8.78 Å². The van der Waals surface area contributed by atoms with Crippen LogP contribution in [0.5, 0.6) is 0 Å². The van der Waals surface area contributed by atoms with Crippen LogP contribution in [0.25, 0.3) is 11.1 Å². The molecule has 0 aliphatic carbocycles. The van der Waals surface area contributed by atoms with Crippen LogP contribution in [0, 0.1) is 11.9 Å². The SMILES string of the molecule is CCc1[c]c(Br)c(-c2ccccc2F)c(C(F)(C(F)(F)F)C(F)(F)C(F)(F)F)c1. The van der Waals surface area contributed by atoms with E-state index in [0.29, 0.717) is 0 Å². The third-order valence-electron chi connectivity index (χ3n) is 4.15. The quantitative estimate of drug-likeness (QED) is 0.384. The lowest BCUT2D eigenvalue weighted by atomic mass is 9.81. The highest BCUT2D eigenvalue weighted by molar-refractivity contribution is 9.10. The van der Waals surface area contributed by atoms with Crippen LogP contribution in [0.1, 0.15) is 18.1 Å². The molecule has 2 aromatic rings. The maximum absolute atomic E-state index is 15.1. The molecule has 1 radical (unpaired) electrons. The fourth-order valence-corrected chi connectivity index (χ4v) is 3.37. The molecule has 0 aliphatic heterocycles. The minimum Gasteiger partial charge on any atom is -0.221 e. The summed E-state index contributed by atoms with van der Waals surface area (Å²) in [6, 6.07) is 6.34. The van der Waals surface area contributed by atoms with E-state index >= 15 is 4.39 Å². The Morgan fingerprint density at radius 2 is 1.45 bits per heavy atom. The van der Waals surface area contributed by atoms with E-state index in [4.69, 9.17) is 0 Å². The van der Waals surface area contributed by atoms with E-state index < -0.39 is 50.9 Å². The molecule has 0 aromatic heterocycles. The molecule has 11 heteroatoms. The summed E-state index contributed by atoms with van der Waals surface area (Å²) in [5.74, 6) is -8.13. The third-order valence-corrected chi connectivity index (χ3v) is 4.75. The van der Waals surface area contributed by atoms with Gasteiger partial charge in [-0.05, 0) is 34.0 Å². The number of rotatable bonds is 4. The van der Waals surface area contributed by atoms with Gasteiger partial charge in [0.15, 0.2) is 0 Å². The molecule has 29 heavy (non-hydrogen) atoms. The number of aryl methyl sites for hydroxylation is 1. The van der Waals surface area contributed by atoms with Crippen molar-refractivity contribution >= 4 is 15.9 Å². The van der Waals surface area contributed by atoms with Crippen LogP contribution >= 0.6 is 15.9 Å². The Morgan fingerprint density at radius 1 is 0.897 bits per heavy atom. The molecule has 0 N–H and O–H groups in total. The van der Waals surface area contributed by atoms with E-state index in [1.807, 2.05) is 0 Å². The Hall–Kier alpha value is -1.78. The predicted octanol–water partition coefficient (Wildman–Crippen LogP) is 7.54. The molecule has 1 atom stereocenters. The van der Waals surface area contributed by atoms with Gasteiger partial charge < -0.3 is 0 Å². The molecule has 159 valence electrons. The van der Waals surface area contributed by atoms with Crippen molar-refractivity contribution in [3.05, 3.63) is 57.8 Å². The molecule has 0 saturated carbocycles. The first-order chi connectivity index (χ1) is 13.1. The second kappa shape index (κ2) is 7.48. The second-order valence-electron chi connectivity index (χ2n) is 5.96. The Kier molecular flexibility index (Phi) is 6.06. The molecule has 0 heterocycles. The summed E-state index contributed by atoms with van der Waals surface area (Å²) >= 11 is 2.70. The highest BCUT2D eigenvalue weighted by Crippen LogP contribution is 2.60. The fourth-order valence-electron chi connectivity index (χ4n) is 2.69. The van der Waals surface area contributed by atoms with Gasteiger partial charge in [-0.15, -0.1) is 0 Å². The van der Waals surface area contributed by atoms with Gasteiger partial charge in [0.25, 0.3) is 0 Å². The Labute approximate surface area is 166 Å². The normalized spacial score (nSPS) is 15.3. The zero-order chi connectivity index (χ0) is 22.4. The van der Waals surface area contributed by atoms with E-state index in [1.165, 1.54) is 6.92 Å². The lowest BCUT2D eigenvalue weighted by Gasteiger charge is -2.37. The summed E-state index contributed by atoms with van der Waals surface area (Å²) in [7, 11) is 0. The number of hydrogen-bond acceptors (Lipinski definition) is 0. The summed E-state index contributed by atoms with van der Waals surface area (Å²) in [4.78, 5) is 0. The summed E-state index contributed by atoms with van der Waals surface area (Å²) in [6.45, 7) is 1.33. The number of halogens is 11. The van der Waals surface area contributed by atoms with Crippen molar-refractivity contribution in [2.45, 2.75) is 37.3 Å². The van der Waals surface area contributed by atoms with Gasteiger partial charge in [0.2, 0.25) is 0 Å². The molecule has 2 rings (SSSR count). The van der Waals surface area contributed by atoms with Crippen molar-refractivity contribution in [3.8, 4) is 11.1 Å². The molecule has 0 spiro atoms. The Balaban J connectivity index is 3.06. The van der Waals surface area contributed by atoms with Crippen LogP contribution in [0.4, 0.5) is 43.9 Å². The Bertz CT molecular complexity index is 900. The van der Waals surface area contributed by atoms with Crippen LogP contribution < -0.4 is 0 Å². The maximum atomic E-state index is 15.1. The van der Waals surface area contributed by atoms with Gasteiger partial charge in [0.1, 0.15) is 5.82 Å². The molecule has 0 nitrogen and oxygen atoms in total. The molecule has 2 aromatic carbocycles. The van der Waals surface area contributed by atoms with Crippen LogP contribution in [-0.4, -0.2) is 18.3 Å². The molecule has 0 bridgehead atoms. The fraction of sp³-hybridized carbons (Fsp3) is 0.333. The van der Waals surface area contributed by atoms with E-state index in [2.05, 4.69) is 22.0 Å². The van der Waals surface area contributed by atoms with Crippen molar-refractivity contribution in [1.82, 2.24) is 0 Å². The van der Waals surface area contributed by atoms with Gasteiger partial charge in [0, 0.05) is 27.2 Å². The van der Waals surface area contributed by atoms with Gasteiger partial charge in [-0.3, -0.25) is 0 Å². The largest absolute Gasteiger partial charge is 0.457 e. The van der Waals surface area contributed by atoms with Gasteiger partial charge in [-0.1, -0.05) is 31.2 Å². The predicted molar refractivity (Wildman–Crippen MR) is 87.6 cm³/mol. The smallest absolute Gasteiger partial charge is 0.221 e. The molecule has 0 saturated heterocycles. The van der Waals surface area contributed by atoms with E-state index in [1.54, 1.807) is 0 Å². The maximum Gasteiger partial charge on any atom is 0.457 e. The van der Waals surface area contributed by atoms with Crippen molar-refractivity contribution in [2.24, 2.45) is 0 Å². The monoisotopic (exact) mass is 495 g/mol. The molecular weight excluding hydrogens is 486 g/mol. The first kappa shape index (κ1) is 23.5. The minimum atomic E-state index is -6.89. The lowest BCUT2D eigenvalue weighted by molar-refractivity contribution is -0.389. The standard InChI is InChI=1S/C18H10BrF10/c1-2-9-7-11(14(12(19)8-9)10-5-3-4-6-13(10)20)15(21,17(24,25)26)16(22,23)18(27,28)29/h3-7H,2H2,1H3. The third kappa shape index (κ3) is 3.73. The number of benzene rings is 2. The second-order valence-corrected chi connectivity index (χ2v) is 6.75. The lowest BCUT2D eigenvalue weighted by Crippen LogP contribution is -2.60. The first-order valence-electron chi connectivity index (χ1n) is 7.79. The van der Waals surface area contributed by atoms with Crippen molar-refractivity contribution in [3.63, 3.8) is 0 Å². The zero-order valence-electron chi connectivity index (χ0n) is 14.3. The van der Waals surface area contributed by atoms with Crippen LogP contribution in [0.3, 0.4) is 0 Å². The topological polar surface area (TPSA) is 0 Å². The van der Waals surface area contributed by atoms with Crippen LogP contribution in [-0.2, 0) is 12.1 Å². The molecular formula is C18H10BrF10. The average Bonchev–Trinajstić information content (AvgIpc) is 2.59. The summed E-state index contributed by atoms with van der Waals surface area (Å²) < 4.78 is 136. The average molecular weight is 496 g/mol. The van der Waals surface area contributed by atoms with Crippen LogP contribution in [0.15, 0.2) is 34.8 Å². The number of hydrogen-bond donors (Lipinski definition) is 0. The number of alkyl halides is 9. The summed E-state index contributed by atoms with van der Waals surface area (Å²) in [5, 5.41) is 0. The minimum absolute atomic E-state index is 0.172. The molecule has 0 aliphatic rings. The zero-order valence-corrected chi connectivity index (χ0v) is 15.8. The van der Waals surface area contributed by atoms with E-state index in [9.17, 15) is 39.5 Å². The molecule has 1 unspecified atom stereocenters. The first-order valence-corrected chi connectivity index (χ1v) is 8.59. The highest BCUT2D eigenvalue weighted by Gasteiger charge is 2.82. The highest BCUT2D eigenvalue weighted by atomic mass is 79.9. The molecule has 0 fully saturated rings. The molecule has 0 amide bonds.